The van der Waals surface area contributed by atoms with Crippen molar-refractivity contribution in [1.29, 1.82) is 0 Å². The molecule has 0 aliphatic heterocycles. The van der Waals surface area contributed by atoms with Gasteiger partial charge in [0.1, 0.15) is 16.6 Å². The molecule has 0 atom stereocenters. The minimum absolute atomic E-state index is 0.164. The number of hydrogen-bond acceptors (Lipinski definition) is 5. The third-order valence-electron chi connectivity index (χ3n) is 3.32. The molecule has 98 valence electrons. The quantitative estimate of drug-likeness (QED) is 0.378. The Morgan fingerprint density at radius 1 is 0.850 bits per heavy atom. The Hall–Kier alpha value is -2.95. The van der Waals surface area contributed by atoms with Crippen LogP contribution in [0.4, 0.5) is 0 Å². The van der Waals surface area contributed by atoms with Crippen molar-refractivity contribution >= 4 is 32.9 Å². The van der Waals surface area contributed by atoms with E-state index in [1.807, 2.05) is 0 Å². The molecule has 0 aliphatic carbocycles. The van der Waals surface area contributed by atoms with Gasteiger partial charge in [0, 0.05) is 11.5 Å². The lowest BCUT2D eigenvalue weighted by Gasteiger charge is -2.00. The van der Waals surface area contributed by atoms with Crippen LogP contribution in [0.3, 0.4) is 0 Å². The molecule has 5 nitrogen and oxygen atoms in total. The van der Waals surface area contributed by atoms with Crippen molar-refractivity contribution in [1.82, 2.24) is 0 Å². The lowest BCUT2D eigenvalue weighted by Crippen LogP contribution is -1.98. The number of hydrogen-bond donors (Lipinski definition) is 2. The summed E-state index contributed by atoms with van der Waals surface area (Å²) in [5, 5.41) is 20.5. The van der Waals surface area contributed by atoms with Crippen molar-refractivity contribution in [3.8, 4) is 11.5 Å². The first-order valence-corrected chi connectivity index (χ1v) is 5.95. The molecule has 0 amide bonds. The maximum Gasteiger partial charge on any atom is 0.348 e. The summed E-state index contributed by atoms with van der Waals surface area (Å²) in [6.07, 6.45) is 0. The molecule has 0 fully saturated rings. The lowest BCUT2D eigenvalue weighted by molar-refractivity contribution is 0.403. The summed E-state index contributed by atoms with van der Waals surface area (Å²) < 4.78 is 10.9. The monoisotopic (exact) mass is 268 g/mol. The Morgan fingerprint density at radius 3 is 2.45 bits per heavy atom. The first-order valence-electron chi connectivity index (χ1n) is 5.95. The second-order valence-corrected chi connectivity index (χ2v) is 4.53. The highest BCUT2D eigenvalue weighted by atomic mass is 16.4. The Morgan fingerprint density at radius 2 is 1.60 bits per heavy atom. The van der Waals surface area contributed by atoms with Crippen molar-refractivity contribution in [2.45, 2.75) is 0 Å². The SMILES string of the molecule is O=c1oc2cc(O)c(O)cc2c2oc3ccccc3c12. The molecule has 2 aromatic carbocycles. The van der Waals surface area contributed by atoms with Gasteiger partial charge in [-0.1, -0.05) is 18.2 Å². The summed E-state index contributed by atoms with van der Waals surface area (Å²) >= 11 is 0. The highest BCUT2D eigenvalue weighted by molar-refractivity contribution is 6.13. The molecule has 2 heterocycles. The van der Waals surface area contributed by atoms with Crippen LogP contribution >= 0.6 is 0 Å². The fourth-order valence-corrected chi connectivity index (χ4v) is 2.41. The summed E-state index contributed by atoms with van der Waals surface area (Å²) in [5.74, 6) is -0.649. The van der Waals surface area contributed by atoms with Crippen molar-refractivity contribution in [2.75, 3.05) is 0 Å². The second-order valence-electron chi connectivity index (χ2n) is 4.53. The van der Waals surface area contributed by atoms with Crippen molar-refractivity contribution in [3.05, 3.63) is 46.8 Å². The van der Waals surface area contributed by atoms with E-state index >= 15 is 0 Å². The van der Waals surface area contributed by atoms with Crippen LogP contribution in [0.15, 0.2) is 50.0 Å². The van der Waals surface area contributed by atoms with Gasteiger partial charge in [0.15, 0.2) is 17.1 Å². The van der Waals surface area contributed by atoms with Crippen LogP contribution in [0, 0.1) is 0 Å². The number of phenolic OH excluding ortho intramolecular Hbond substituents is 2. The summed E-state index contributed by atoms with van der Waals surface area (Å²) in [5.41, 5.74) is 0.530. The molecule has 0 spiro atoms. The maximum atomic E-state index is 12.1. The Kier molecular flexibility index (Phi) is 1.93. The van der Waals surface area contributed by atoms with Gasteiger partial charge >= 0.3 is 5.63 Å². The molecule has 4 aromatic rings. The molecule has 2 N–H and O–H groups in total. The van der Waals surface area contributed by atoms with Gasteiger partial charge in [-0.2, -0.15) is 0 Å². The van der Waals surface area contributed by atoms with Gasteiger partial charge in [-0.25, -0.2) is 4.79 Å². The third-order valence-corrected chi connectivity index (χ3v) is 3.32. The number of para-hydroxylation sites is 1. The molecule has 0 aliphatic rings. The van der Waals surface area contributed by atoms with Crippen molar-refractivity contribution in [3.63, 3.8) is 0 Å². The van der Waals surface area contributed by atoms with Crippen LogP contribution < -0.4 is 5.63 Å². The zero-order valence-electron chi connectivity index (χ0n) is 10.1. The highest BCUT2D eigenvalue weighted by Gasteiger charge is 2.17. The Balaban J connectivity index is 2.35. The van der Waals surface area contributed by atoms with E-state index in [0.29, 0.717) is 27.3 Å². The van der Waals surface area contributed by atoms with Gasteiger partial charge in [0.05, 0.1) is 5.39 Å². The molecule has 2 aromatic heterocycles. The fourth-order valence-electron chi connectivity index (χ4n) is 2.41. The molecule has 0 saturated carbocycles. The van der Waals surface area contributed by atoms with Gasteiger partial charge in [-0.05, 0) is 12.1 Å². The Bertz CT molecular complexity index is 1040. The number of aromatic hydroxyl groups is 2. The topological polar surface area (TPSA) is 83.8 Å². The second kappa shape index (κ2) is 3.54. The van der Waals surface area contributed by atoms with Crippen molar-refractivity contribution in [2.24, 2.45) is 0 Å². The standard InChI is InChI=1S/C15H8O5/c16-9-5-8-12(6-10(9)17)20-15(18)13-7-3-1-2-4-11(7)19-14(8)13/h1-6,16-17H. The first-order chi connectivity index (χ1) is 9.65. The van der Waals surface area contributed by atoms with E-state index in [0.717, 1.165) is 0 Å². The Labute approximate surface area is 111 Å². The van der Waals surface area contributed by atoms with Gasteiger partial charge in [0.2, 0.25) is 0 Å². The number of rotatable bonds is 0. The number of furan rings is 1. The summed E-state index contributed by atoms with van der Waals surface area (Å²) in [6.45, 7) is 0. The van der Waals surface area contributed by atoms with Gasteiger partial charge in [-0.15, -0.1) is 0 Å². The predicted molar refractivity (Wildman–Crippen MR) is 73.1 cm³/mol. The largest absolute Gasteiger partial charge is 0.504 e. The van der Waals surface area contributed by atoms with E-state index < -0.39 is 5.63 Å². The number of benzene rings is 2. The molecule has 0 saturated heterocycles. The van der Waals surface area contributed by atoms with Crippen molar-refractivity contribution < 1.29 is 19.0 Å². The van der Waals surface area contributed by atoms with Crippen LogP contribution in [0.5, 0.6) is 11.5 Å². The van der Waals surface area contributed by atoms with Gasteiger partial charge in [-0.3, -0.25) is 0 Å². The molecule has 0 radical (unpaired) electrons. The summed E-state index contributed by atoms with van der Waals surface area (Å²) in [6, 6.07) is 9.63. The fraction of sp³-hybridized carbons (Fsp3) is 0. The van der Waals surface area contributed by atoms with E-state index in [-0.39, 0.29) is 17.1 Å². The van der Waals surface area contributed by atoms with Crippen LogP contribution in [0.1, 0.15) is 0 Å². The zero-order chi connectivity index (χ0) is 13.9. The third kappa shape index (κ3) is 1.29. The molecule has 0 unspecified atom stereocenters. The average Bonchev–Trinajstić information content (AvgIpc) is 2.81. The molecule has 4 rings (SSSR count). The minimum Gasteiger partial charge on any atom is -0.504 e. The molecular formula is C15H8O5. The number of fused-ring (bicyclic) bond motifs is 5. The molecule has 5 heteroatoms. The van der Waals surface area contributed by atoms with E-state index in [1.165, 1.54) is 12.1 Å². The van der Waals surface area contributed by atoms with Gasteiger partial charge < -0.3 is 19.0 Å². The van der Waals surface area contributed by atoms with E-state index in [4.69, 9.17) is 8.83 Å². The lowest BCUT2D eigenvalue weighted by atomic mass is 10.1. The van der Waals surface area contributed by atoms with E-state index in [1.54, 1.807) is 24.3 Å². The molecule has 0 bridgehead atoms. The van der Waals surface area contributed by atoms with E-state index in [2.05, 4.69) is 0 Å². The van der Waals surface area contributed by atoms with Crippen LogP contribution in [0.25, 0.3) is 32.9 Å². The minimum atomic E-state index is -0.539. The molecule has 20 heavy (non-hydrogen) atoms. The number of phenols is 2. The normalized spacial score (nSPS) is 11.6. The zero-order valence-corrected chi connectivity index (χ0v) is 10.1. The van der Waals surface area contributed by atoms with Crippen LogP contribution in [-0.2, 0) is 0 Å². The van der Waals surface area contributed by atoms with Crippen LogP contribution in [0.2, 0.25) is 0 Å². The highest BCUT2D eigenvalue weighted by Crippen LogP contribution is 2.36. The summed E-state index contributed by atoms with van der Waals surface area (Å²) in [7, 11) is 0. The van der Waals surface area contributed by atoms with Gasteiger partial charge in [0.25, 0.3) is 0 Å². The van der Waals surface area contributed by atoms with Crippen LogP contribution in [-0.4, -0.2) is 10.2 Å². The van der Waals surface area contributed by atoms with E-state index in [9.17, 15) is 15.0 Å². The predicted octanol–water partition coefficient (Wildman–Crippen LogP) is 3.10. The first kappa shape index (κ1) is 10.9. The molecular weight excluding hydrogens is 260 g/mol. The maximum absolute atomic E-state index is 12.1. The smallest absolute Gasteiger partial charge is 0.348 e. The summed E-state index contributed by atoms with van der Waals surface area (Å²) in [4.78, 5) is 12.1. The average molecular weight is 268 g/mol.